The minimum Gasteiger partial charge on any atom is -0.353 e. The number of nitrogens with one attached hydrogen (secondary N) is 1. The Kier molecular flexibility index (Phi) is 5.08. The molecule has 2 aliphatic rings. The van der Waals surface area contributed by atoms with E-state index in [2.05, 4.69) is 5.32 Å². The Labute approximate surface area is 181 Å². The van der Waals surface area contributed by atoms with E-state index in [1.165, 1.54) is 16.6 Å². The number of amides is 2. The average molecular weight is 441 g/mol. The number of aryl methyl sites for hydroxylation is 2. The summed E-state index contributed by atoms with van der Waals surface area (Å²) in [5, 5.41) is 3.95. The third kappa shape index (κ3) is 3.41. The predicted molar refractivity (Wildman–Crippen MR) is 118 cm³/mol. The Morgan fingerprint density at radius 3 is 2.83 bits per heavy atom. The summed E-state index contributed by atoms with van der Waals surface area (Å²) in [5.74, 6) is -0.144. The standard InChI is InChI=1S/C21H20N4O3S2/c26-16-11-24(10-9-22-16)17(27)12-29-21-23-19-18(14-7-4-8-15(14)30-19)20(28)25(21)13-5-2-1-3-6-13/h1-3,5-6H,4,7-12H2,(H,22,26). The minimum absolute atomic E-state index is 0.0714. The lowest BCUT2D eigenvalue weighted by Crippen LogP contribution is -2.50. The fourth-order valence-corrected chi connectivity index (χ4v) is 6.21. The first-order chi connectivity index (χ1) is 14.6. The van der Waals surface area contributed by atoms with Crippen LogP contribution in [-0.4, -0.2) is 51.7 Å². The minimum atomic E-state index is -0.145. The van der Waals surface area contributed by atoms with E-state index in [9.17, 15) is 14.4 Å². The van der Waals surface area contributed by atoms with Gasteiger partial charge in [-0.05, 0) is 37.0 Å². The Morgan fingerprint density at radius 2 is 2.03 bits per heavy atom. The molecule has 2 aromatic heterocycles. The number of carbonyl (C=O) groups excluding carboxylic acids is 2. The summed E-state index contributed by atoms with van der Waals surface area (Å²) in [6.45, 7) is 1.05. The van der Waals surface area contributed by atoms with E-state index in [0.29, 0.717) is 18.2 Å². The molecule has 1 aromatic carbocycles. The fourth-order valence-electron chi connectivity index (χ4n) is 4.00. The Hall–Kier alpha value is -2.65. The third-order valence-electron chi connectivity index (χ3n) is 5.44. The number of piperazine rings is 1. The summed E-state index contributed by atoms with van der Waals surface area (Å²) in [7, 11) is 0. The number of benzene rings is 1. The molecule has 9 heteroatoms. The molecule has 1 fully saturated rings. The van der Waals surface area contributed by atoms with E-state index < -0.39 is 0 Å². The van der Waals surface area contributed by atoms with Gasteiger partial charge in [0.15, 0.2) is 5.16 Å². The van der Waals surface area contributed by atoms with E-state index >= 15 is 0 Å². The maximum Gasteiger partial charge on any atom is 0.267 e. The molecule has 30 heavy (non-hydrogen) atoms. The molecule has 3 heterocycles. The second kappa shape index (κ2) is 7.88. The molecule has 3 aromatic rings. The molecule has 154 valence electrons. The number of thioether (sulfide) groups is 1. The highest BCUT2D eigenvalue weighted by atomic mass is 32.2. The molecular weight excluding hydrogens is 420 g/mol. The molecule has 0 spiro atoms. The van der Waals surface area contributed by atoms with Crippen molar-refractivity contribution >= 4 is 45.1 Å². The number of nitrogens with zero attached hydrogens (tertiary/aromatic N) is 3. The van der Waals surface area contributed by atoms with Crippen LogP contribution >= 0.6 is 23.1 Å². The fraction of sp³-hybridized carbons (Fsp3) is 0.333. The first-order valence-electron chi connectivity index (χ1n) is 9.92. The van der Waals surface area contributed by atoms with Crippen LogP contribution in [0.15, 0.2) is 40.3 Å². The lowest BCUT2D eigenvalue weighted by atomic mass is 10.2. The second-order valence-electron chi connectivity index (χ2n) is 7.36. The molecule has 1 saturated heterocycles. The highest BCUT2D eigenvalue weighted by Crippen LogP contribution is 2.36. The maximum atomic E-state index is 13.5. The van der Waals surface area contributed by atoms with Gasteiger partial charge in [0.2, 0.25) is 11.8 Å². The van der Waals surface area contributed by atoms with Crippen LogP contribution < -0.4 is 10.9 Å². The number of thiophene rings is 1. The van der Waals surface area contributed by atoms with Gasteiger partial charge >= 0.3 is 0 Å². The smallest absolute Gasteiger partial charge is 0.267 e. The predicted octanol–water partition coefficient (Wildman–Crippen LogP) is 1.99. The van der Waals surface area contributed by atoms with Gasteiger partial charge in [0.1, 0.15) is 4.83 Å². The van der Waals surface area contributed by atoms with Crippen LogP contribution in [0, 0.1) is 0 Å². The highest BCUT2D eigenvalue weighted by Gasteiger charge is 2.25. The van der Waals surface area contributed by atoms with Crippen LogP contribution in [0.2, 0.25) is 0 Å². The second-order valence-corrected chi connectivity index (χ2v) is 9.39. The molecule has 5 rings (SSSR count). The van der Waals surface area contributed by atoms with Crippen LogP contribution in [0.4, 0.5) is 0 Å². The quantitative estimate of drug-likeness (QED) is 0.496. The van der Waals surface area contributed by atoms with Gasteiger partial charge in [0.25, 0.3) is 5.56 Å². The molecule has 7 nitrogen and oxygen atoms in total. The van der Waals surface area contributed by atoms with Gasteiger partial charge in [-0.25, -0.2) is 4.98 Å². The summed E-state index contributed by atoms with van der Waals surface area (Å²) >= 11 is 2.85. The third-order valence-corrected chi connectivity index (χ3v) is 7.55. The highest BCUT2D eigenvalue weighted by molar-refractivity contribution is 7.99. The molecule has 0 saturated carbocycles. The van der Waals surface area contributed by atoms with E-state index in [0.717, 1.165) is 40.7 Å². The number of carbonyl (C=O) groups is 2. The number of hydrogen-bond donors (Lipinski definition) is 1. The van der Waals surface area contributed by atoms with E-state index in [-0.39, 0.29) is 29.7 Å². The van der Waals surface area contributed by atoms with Crippen molar-refractivity contribution < 1.29 is 9.59 Å². The molecule has 0 bridgehead atoms. The molecule has 1 aliphatic carbocycles. The summed E-state index contributed by atoms with van der Waals surface area (Å²) in [4.78, 5) is 46.1. The van der Waals surface area contributed by atoms with E-state index in [1.807, 2.05) is 30.3 Å². The van der Waals surface area contributed by atoms with Crippen molar-refractivity contribution in [3.63, 3.8) is 0 Å². The van der Waals surface area contributed by atoms with Crippen LogP contribution in [0.25, 0.3) is 15.9 Å². The molecule has 0 radical (unpaired) electrons. The maximum absolute atomic E-state index is 13.5. The normalized spacial score (nSPS) is 16.0. The van der Waals surface area contributed by atoms with Crippen molar-refractivity contribution in [2.45, 2.75) is 24.4 Å². The molecule has 0 unspecified atom stereocenters. The van der Waals surface area contributed by atoms with E-state index in [4.69, 9.17) is 4.98 Å². The SMILES string of the molecule is O=C1CN(C(=O)CSc2nc3sc4c(c3c(=O)n2-c2ccccc2)CCC4)CCN1. The summed E-state index contributed by atoms with van der Waals surface area (Å²) in [6.07, 6.45) is 3.00. The van der Waals surface area contributed by atoms with Crippen LogP contribution in [0.1, 0.15) is 16.9 Å². The van der Waals surface area contributed by atoms with Gasteiger partial charge in [0, 0.05) is 18.0 Å². The number of para-hydroxylation sites is 1. The van der Waals surface area contributed by atoms with Gasteiger partial charge in [-0.1, -0.05) is 30.0 Å². The van der Waals surface area contributed by atoms with Crippen LogP contribution in [0.5, 0.6) is 0 Å². The van der Waals surface area contributed by atoms with E-state index in [1.54, 1.807) is 20.8 Å². The zero-order valence-corrected chi connectivity index (χ0v) is 17.9. The molecule has 1 aliphatic heterocycles. The number of rotatable bonds is 4. The van der Waals surface area contributed by atoms with Gasteiger partial charge in [-0.3, -0.25) is 19.0 Å². The Balaban J connectivity index is 1.53. The molecule has 0 atom stereocenters. The number of hydrogen-bond acceptors (Lipinski definition) is 6. The van der Waals surface area contributed by atoms with Gasteiger partial charge in [-0.2, -0.15) is 0 Å². The zero-order valence-electron chi connectivity index (χ0n) is 16.2. The topological polar surface area (TPSA) is 84.3 Å². The molecular formula is C21H20N4O3S2. The molecule has 1 N–H and O–H groups in total. The lowest BCUT2D eigenvalue weighted by Gasteiger charge is -2.26. The van der Waals surface area contributed by atoms with Gasteiger partial charge in [0.05, 0.1) is 23.4 Å². The van der Waals surface area contributed by atoms with Crippen LogP contribution in [-0.2, 0) is 22.4 Å². The van der Waals surface area contributed by atoms with Crippen molar-refractivity contribution in [3.05, 3.63) is 51.1 Å². The first kappa shape index (κ1) is 19.3. The van der Waals surface area contributed by atoms with Gasteiger partial charge in [-0.15, -0.1) is 11.3 Å². The van der Waals surface area contributed by atoms with Crippen molar-refractivity contribution in [1.29, 1.82) is 0 Å². The van der Waals surface area contributed by atoms with Crippen molar-refractivity contribution in [2.24, 2.45) is 0 Å². The zero-order chi connectivity index (χ0) is 20.7. The number of fused-ring (bicyclic) bond motifs is 3. The van der Waals surface area contributed by atoms with Crippen LogP contribution in [0.3, 0.4) is 0 Å². The Morgan fingerprint density at radius 1 is 1.20 bits per heavy atom. The van der Waals surface area contributed by atoms with Crippen molar-refractivity contribution in [2.75, 3.05) is 25.4 Å². The average Bonchev–Trinajstić information content (AvgIpc) is 3.33. The van der Waals surface area contributed by atoms with Gasteiger partial charge < -0.3 is 10.2 Å². The lowest BCUT2D eigenvalue weighted by molar-refractivity contribution is -0.136. The largest absolute Gasteiger partial charge is 0.353 e. The first-order valence-corrected chi connectivity index (χ1v) is 11.7. The number of aromatic nitrogens is 2. The summed E-state index contributed by atoms with van der Waals surface area (Å²) < 4.78 is 1.62. The summed E-state index contributed by atoms with van der Waals surface area (Å²) in [5.41, 5.74) is 1.81. The monoisotopic (exact) mass is 440 g/mol. The summed E-state index contributed by atoms with van der Waals surface area (Å²) in [6, 6.07) is 9.43. The molecule has 2 amide bonds. The van der Waals surface area contributed by atoms with Crippen molar-refractivity contribution in [1.82, 2.24) is 19.8 Å². The Bertz CT molecular complexity index is 1200. The van der Waals surface area contributed by atoms with Crippen molar-refractivity contribution in [3.8, 4) is 5.69 Å².